The second-order valence-corrected chi connectivity index (χ2v) is 12.5. The molecule has 0 N–H and O–H groups in total. The lowest BCUT2D eigenvalue weighted by atomic mass is 9.70. The van der Waals surface area contributed by atoms with Crippen molar-refractivity contribution in [2.75, 3.05) is 4.90 Å². The van der Waals surface area contributed by atoms with Gasteiger partial charge >= 0.3 is 0 Å². The Labute approximate surface area is 268 Å². The maximum absolute atomic E-state index is 2.51. The van der Waals surface area contributed by atoms with Crippen LogP contribution in [0.2, 0.25) is 0 Å². The number of hydrogen-bond donors (Lipinski definition) is 0. The van der Waals surface area contributed by atoms with Crippen LogP contribution in [0.1, 0.15) is 22.3 Å². The van der Waals surface area contributed by atoms with Gasteiger partial charge in [0.15, 0.2) is 0 Å². The predicted octanol–water partition coefficient (Wildman–Crippen LogP) is 11.8. The van der Waals surface area contributed by atoms with Crippen LogP contribution in [0, 0.1) is 0 Å². The van der Waals surface area contributed by atoms with Crippen molar-refractivity contribution in [3.8, 4) is 22.3 Å². The predicted molar refractivity (Wildman–Crippen MR) is 192 cm³/mol. The molecule has 10 rings (SSSR count). The van der Waals surface area contributed by atoms with Crippen LogP contribution < -0.4 is 4.90 Å². The summed E-state index contributed by atoms with van der Waals surface area (Å²) in [5.41, 5.74) is 13.8. The largest absolute Gasteiger partial charge is 0.310 e. The van der Waals surface area contributed by atoms with E-state index < -0.39 is 5.41 Å². The first-order chi connectivity index (χ1) is 22.8. The molecule has 0 saturated heterocycles. The Kier molecular flexibility index (Phi) is 5.27. The van der Waals surface area contributed by atoms with E-state index in [4.69, 9.17) is 0 Å². The van der Waals surface area contributed by atoms with Gasteiger partial charge in [0, 0.05) is 16.8 Å². The molecule has 214 valence electrons. The first kappa shape index (κ1) is 25.4. The van der Waals surface area contributed by atoms with Crippen LogP contribution in [-0.2, 0) is 5.41 Å². The van der Waals surface area contributed by atoms with Crippen molar-refractivity contribution in [1.82, 2.24) is 0 Å². The van der Waals surface area contributed by atoms with Gasteiger partial charge in [-0.2, -0.15) is 0 Å². The Morgan fingerprint density at radius 3 is 1.61 bits per heavy atom. The Balaban J connectivity index is 1.36. The molecule has 8 aromatic rings. The van der Waals surface area contributed by atoms with Crippen LogP contribution in [0.4, 0.5) is 17.1 Å². The fourth-order valence-electron chi connectivity index (χ4n) is 8.44. The SMILES string of the molecule is c1ccc(N(c2ccc3ccccc3c2)c2cc3c(c4ccccc24)-c2ccccc2C32c3ccccc3-c3ccccc32)cc1. The number of para-hydroxylation sites is 1. The van der Waals surface area contributed by atoms with Crippen LogP contribution in [-0.4, -0.2) is 0 Å². The number of fused-ring (bicyclic) bond motifs is 13. The van der Waals surface area contributed by atoms with Crippen LogP contribution in [0.25, 0.3) is 43.8 Å². The fraction of sp³-hybridized carbons (Fsp3) is 0.0222. The average Bonchev–Trinajstić information content (AvgIpc) is 3.60. The topological polar surface area (TPSA) is 3.24 Å². The number of rotatable bonds is 3. The highest BCUT2D eigenvalue weighted by Gasteiger charge is 2.52. The van der Waals surface area contributed by atoms with E-state index in [1.54, 1.807) is 0 Å². The number of hydrogen-bond acceptors (Lipinski definition) is 1. The number of benzene rings is 8. The van der Waals surface area contributed by atoms with E-state index in [9.17, 15) is 0 Å². The van der Waals surface area contributed by atoms with Gasteiger partial charge in [0.25, 0.3) is 0 Å². The summed E-state index contributed by atoms with van der Waals surface area (Å²) in [7, 11) is 0. The normalized spacial score (nSPS) is 13.4. The molecule has 2 aliphatic rings. The van der Waals surface area contributed by atoms with E-state index in [0.29, 0.717) is 0 Å². The van der Waals surface area contributed by atoms with Crippen molar-refractivity contribution in [1.29, 1.82) is 0 Å². The zero-order valence-electron chi connectivity index (χ0n) is 25.2. The molecule has 0 aromatic heterocycles. The van der Waals surface area contributed by atoms with Crippen LogP contribution in [0.5, 0.6) is 0 Å². The standard InChI is InChI=1S/C45H29N/c1-2-16-32(17-3-1)46(33-27-26-30-14-4-5-15-31(30)28-33)43-29-42-44(37-21-7-6-20-36(37)43)38-22-10-13-25-41(38)45(42)39-23-11-8-18-34(39)35-19-9-12-24-40(35)45/h1-29H. The van der Waals surface area contributed by atoms with Gasteiger partial charge < -0.3 is 4.90 Å². The van der Waals surface area contributed by atoms with E-state index in [1.165, 1.54) is 71.7 Å². The van der Waals surface area contributed by atoms with E-state index in [2.05, 4.69) is 181 Å². The molecule has 1 spiro atoms. The minimum Gasteiger partial charge on any atom is -0.310 e. The van der Waals surface area contributed by atoms with Gasteiger partial charge in [-0.25, -0.2) is 0 Å². The zero-order valence-corrected chi connectivity index (χ0v) is 25.2. The number of anilines is 3. The quantitative estimate of drug-likeness (QED) is 0.200. The summed E-state index contributed by atoms with van der Waals surface area (Å²) in [5, 5.41) is 4.99. The van der Waals surface area contributed by atoms with Crippen LogP contribution in [0.15, 0.2) is 176 Å². The van der Waals surface area contributed by atoms with Gasteiger partial charge in [0.1, 0.15) is 0 Å². The van der Waals surface area contributed by atoms with Gasteiger partial charge in [-0.3, -0.25) is 0 Å². The molecular weight excluding hydrogens is 555 g/mol. The summed E-state index contributed by atoms with van der Waals surface area (Å²) < 4.78 is 0. The minimum atomic E-state index is -0.413. The summed E-state index contributed by atoms with van der Waals surface area (Å²) >= 11 is 0. The van der Waals surface area contributed by atoms with Crippen molar-refractivity contribution < 1.29 is 0 Å². The Morgan fingerprint density at radius 1 is 0.348 bits per heavy atom. The molecule has 8 aromatic carbocycles. The summed E-state index contributed by atoms with van der Waals surface area (Å²) in [6.07, 6.45) is 0. The fourth-order valence-corrected chi connectivity index (χ4v) is 8.44. The molecule has 0 fully saturated rings. The van der Waals surface area contributed by atoms with E-state index in [0.717, 1.165) is 11.4 Å². The van der Waals surface area contributed by atoms with Crippen molar-refractivity contribution >= 4 is 38.6 Å². The minimum absolute atomic E-state index is 0.413. The third kappa shape index (κ3) is 3.29. The second kappa shape index (κ2) is 9.54. The average molecular weight is 584 g/mol. The Bertz CT molecular complexity index is 2440. The smallest absolute Gasteiger partial charge is 0.0726 e. The lowest BCUT2D eigenvalue weighted by molar-refractivity contribution is 0.794. The van der Waals surface area contributed by atoms with E-state index in [1.807, 2.05) is 0 Å². The highest BCUT2D eigenvalue weighted by Crippen LogP contribution is 2.64. The Morgan fingerprint density at radius 2 is 0.891 bits per heavy atom. The molecular formula is C45H29N. The summed E-state index contributed by atoms with van der Waals surface area (Å²) in [6.45, 7) is 0. The molecule has 0 heterocycles. The summed E-state index contributed by atoms with van der Waals surface area (Å²) in [4.78, 5) is 2.46. The van der Waals surface area contributed by atoms with Gasteiger partial charge in [0.2, 0.25) is 0 Å². The lowest BCUT2D eigenvalue weighted by Gasteiger charge is -2.33. The second-order valence-electron chi connectivity index (χ2n) is 12.5. The van der Waals surface area contributed by atoms with E-state index >= 15 is 0 Å². The number of nitrogens with zero attached hydrogens (tertiary/aromatic N) is 1. The van der Waals surface area contributed by atoms with Gasteiger partial charge in [0.05, 0.1) is 11.1 Å². The molecule has 1 heteroatoms. The molecule has 0 saturated carbocycles. The highest BCUT2D eigenvalue weighted by molar-refractivity contribution is 6.12. The maximum atomic E-state index is 2.51. The molecule has 1 nitrogen and oxygen atoms in total. The first-order valence-electron chi connectivity index (χ1n) is 16.0. The third-order valence-corrected chi connectivity index (χ3v) is 10.2. The van der Waals surface area contributed by atoms with Gasteiger partial charge in [-0.15, -0.1) is 0 Å². The van der Waals surface area contributed by atoms with Crippen molar-refractivity contribution in [2.24, 2.45) is 0 Å². The lowest BCUT2D eigenvalue weighted by Crippen LogP contribution is -2.26. The summed E-state index contributed by atoms with van der Waals surface area (Å²) in [5.74, 6) is 0. The first-order valence-corrected chi connectivity index (χ1v) is 16.0. The molecule has 0 amide bonds. The van der Waals surface area contributed by atoms with Crippen molar-refractivity contribution in [2.45, 2.75) is 5.41 Å². The van der Waals surface area contributed by atoms with Gasteiger partial charge in [-0.1, -0.05) is 146 Å². The Hall–Kier alpha value is -5.92. The molecule has 0 radical (unpaired) electrons. The third-order valence-electron chi connectivity index (χ3n) is 10.2. The van der Waals surface area contributed by atoms with Crippen molar-refractivity contribution in [3.05, 3.63) is 198 Å². The highest BCUT2D eigenvalue weighted by atomic mass is 15.1. The molecule has 0 aliphatic heterocycles. The van der Waals surface area contributed by atoms with Crippen molar-refractivity contribution in [3.63, 3.8) is 0 Å². The molecule has 46 heavy (non-hydrogen) atoms. The monoisotopic (exact) mass is 583 g/mol. The summed E-state index contributed by atoms with van der Waals surface area (Å²) in [6, 6.07) is 65.0. The van der Waals surface area contributed by atoms with E-state index in [-0.39, 0.29) is 0 Å². The molecule has 0 bridgehead atoms. The van der Waals surface area contributed by atoms with Gasteiger partial charge in [-0.05, 0) is 91.0 Å². The molecule has 0 unspecified atom stereocenters. The van der Waals surface area contributed by atoms with Crippen LogP contribution in [0.3, 0.4) is 0 Å². The molecule has 0 atom stereocenters. The zero-order chi connectivity index (χ0) is 30.2. The van der Waals surface area contributed by atoms with Crippen LogP contribution >= 0.6 is 0 Å². The molecule has 2 aliphatic carbocycles. The maximum Gasteiger partial charge on any atom is 0.0726 e.